The molecule has 7 heteroatoms. The molecule has 3 amide bonds. The molecule has 1 aromatic carbocycles. The maximum Gasteiger partial charge on any atom is 0.325 e. The molecule has 0 radical (unpaired) electrons. The summed E-state index contributed by atoms with van der Waals surface area (Å²) in [5.41, 5.74) is 1.29. The van der Waals surface area contributed by atoms with Gasteiger partial charge in [-0.3, -0.25) is 18.9 Å². The molecule has 0 bridgehead atoms. The SMILES string of the molecule is CC(C)c1ccc(C2(C)NC(=O)N(Cc3cc(=O)n4ccccc4n3)C2=O)cc1. The van der Waals surface area contributed by atoms with Crippen molar-refractivity contribution in [3.8, 4) is 0 Å². The smallest absolute Gasteiger partial charge is 0.319 e. The zero-order valence-corrected chi connectivity index (χ0v) is 16.5. The number of imide groups is 1. The van der Waals surface area contributed by atoms with Gasteiger partial charge in [0.15, 0.2) is 0 Å². The number of rotatable bonds is 4. The van der Waals surface area contributed by atoms with E-state index in [-0.39, 0.29) is 18.0 Å². The molecule has 1 atom stereocenters. The zero-order valence-electron chi connectivity index (χ0n) is 16.5. The zero-order chi connectivity index (χ0) is 20.8. The van der Waals surface area contributed by atoms with Crippen LogP contribution in [-0.2, 0) is 16.9 Å². The lowest BCUT2D eigenvalue weighted by Gasteiger charge is -2.23. The molecule has 2 aromatic heterocycles. The van der Waals surface area contributed by atoms with Crippen molar-refractivity contribution in [2.45, 2.75) is 38.8 Å². The minimum absolute atomic E-state index is 0.0645. The number of carbonyl (C=O) groups is 2. The first-order chi connectivity index (χ1) is 13.8. The van der Waals surface area contributed by atoms with Crippen LogP contribution >= 0.6 is 0 Å². The largest absolute Gasteiger partial charge is 0.325 e. The predicted octanol–water partition coefficient (Wildman–Crippen LogP) is 2.79. The monoisotopic (exact) mass is 390 g/mol. The summed E-state index contributed by atoms with van der Waals surface area (Å²) in [5, 5.41) is 2.79. The molecule has 0 aliphatic carbocycles. The predicted molar refractivity (Wildman–Crippen MR) is 108 cm³/mol. The van der Waals surface area contributed by atoms with Crippen molar-refractivity contribution in [3.63, 3.8) is 0 Å². The van der Waals surface area contributed by atoms with E-state index < -0.39 is 11.6 Å². The van der Waals surface area contributed by atoms with Gasteiger partial charge in [0.05, 0.1) is 12.2 Å². The van der Waals surface area contributed by atoms with Crippen LogP contribution in [0.3, 0.4) is 0 Å². The van der Waals surface area contributed by atoms with Gasteiger partial charge < -0.3 is 5.32 Å². The van der Waals surface area contributed by atoms with Gasteiger partial charge in [-0.15, -0.1) is 0 Å². The molecule has 1 unspecified atom stereocenters. The van der Waals surface area contributed by atoms with Crippen molar-refractivity contribution in [3.05, 3.63) is 81.9 Å². The Morgan fingerprint density at radius 3 is 2.48 bits per heavy atom. The summed E-state index contributed by atoms with van der Waals surface area (Å²) in [6, 6.07) is 13.8. The first-order valence-electron chi connectivity index (χ1n) is 9.51. The molecule has 7 nitrogen and oxygen atoms in total. The summed E-state index contributed by atoms with van der Waals surface area (Å²) < 4.78 is 1.41. The van der Waals surface area contributed by atoms with Gasteiger partial charge in [-0.2, -0.15) is 0 Å². The molecule has 3 aromatic rings. The summed E-state index contributed by atoms with van der Waals surface area (Å²) in [6.07, 6.45) is 1.63. The molecule has 0 saturated carbocycles. The Balaban J connectivity index is 1.64. The van der Waals surface area contributed by atoms with E-state index in [9.17, 15) is 14.4 Å². The Kier molecular flexibility index (Phi) is 4.45. The van der Waals surface area contributed by atoms with Crippen molar-refractivity contribution < 1.29 is 9.59 Å². The molecule has 1 fully saturated rings. The highest BCUT2D eigenvalue weighted by atomic mass is 16.2. The third-order valence-electron chi connectivity index (χ3n) is 5.37. The normalized spacial score (nSPS) is 19.2. The van der Waals surface area contributed by atoms with Crippen LogP contribution in [0.4, 0.5) is 4.79 Å². The fourth-order valence-corrected chi connectivity index (χ4v) is 3.58. The van der Waals surface area contributed by atoms with E-state index in [1.165, 1.54) is 10.5 Å². The van der Waals surface area contributed by atoms with Gasteiger partial charge >= 0.3 is 6.03 Å². The summed E-state index contributed by atoms with van der Waals surface area (Å²) >= 11 is 0. The summed E-state index contributed by atoms with van der Waals surface area (Å²) in [7, 11) is 0. The molecule has 1 saturated heterocycles. The summed E-state index contributed by atoms with van der Waals surface area (Å²) in [6.45, 7) is 5.82. The van der Waals surface area contributed by atoms with Crippen LogP contribution < -0.4 is 10.9 Å². The third-order valence-corrected chi connectivity index (χ3v) is 5.37. The molecule has 29 heavy (non-hydrogen) atoms. The second-order valence-electron chi connectivity index (χ2n) is 7.74. The fourth-order valence-electron chi connectivity index (χ4n) is 3.58. The third kappa shape index (κ3) is 3.18. The van der Waals surface area contributed by atoms with E-state index in [4.69, 9.17) is 0 Å². The van der Waals surface area contributed by atoms with Gasteiger partial charge in [0.1, 0.15) is 11.2 Å². The Morgan fingerprint density at radius 2 is 1.79 bits per heavy atom. The Morgan fingerprint density at radius 1 is 1.07 bits per heavy atom. The molecule has 1 aliphatic rings. The number of carbonyl (C=O) groups excluding carboxylic acids is 2. The average molecular weight is 390 g/mol. The number of aromatic nitrogens is 2. The van der Waals surface area contributed by atoms with E-state index in [2.05, 4.69) is 24.1 Å². The van der Waals surface area contributed by atoms with Crippen molar-refractivity contribution in [2.75, 3.05) is 0 Å². The van der Waals surface area contributed by atoms with Crippen molar-refractivity contribution >= 4 is 17.6 Å². The van der Waals surface area contributed by atoms with Crippen LogP contribution in [0.25, 0.3) is 5.65 Å². The number of nitrogens with one attached hydrogen (secondary N) is 1. The number of pyridine rings is 1. The van der Waals surface area contributed by atoms with E-state index in [0.29, 0.717) is 22.8 Å². The van der Waals surface area contributed by atoms with Gasteiger partial charge in [-0.1, -0.05) is 44.2 Å². The van der Waals surface area contributed by atoms with Gasteiger partial charge in [0.2, 0.25) is 0 Å². The Hall–Kier alpha value is -3.48. The Bertz CT molecular complexity index is 1170. The minimum atomic E-state index is -1.15. The lowest BCUT2D eigenvalue weighted by molar-refractivity contribution is -0.131. The van der Waals surface area contributed by atoms with Gasteiger partial charge in [0, 0.05) is 12.3 Å². The van der Waals surface area contributed by atoms with Crippen LogP contribution in [0.2, 0.25) is 0 Å². The van der Waals surface area contributed by atoms with Crippen LogP contribution in [0.1, 0.15) is 43.5 Å². The van der Waals surface area contributed by atoms with E-state index >= 15 is 0 Å². The lowest BCUT2D eigenvalue weighted by Crippen LogP contribution is -2.40. The lowest BCUT2D eigenvalue weighted by atomic mass is 9.90. The van der Waals surface area contributed by atoms with Crippen molar-refractivity contribution in [1.82, 2.24) is 19.6 Å². The quantitative estimate of drug-likeness (QED) is 0.695. The Labute approximate surface area is 168 Å². The second-order valence-corrected chi connectivity index (χ2v) is 7.74. The molecule has 4 rings (SSSR count). The number of benzene rings is 1. The highest BCUT2D eigenvalue weighted by molar-refractivity contribution is 6.07. The van der Waals surface area contributed by atoms with Crippen LogP contribution in [-0.4, -0.2) is 26.2 Å². The fraction of sp³-hybridized carbons (Fsp3) is 0.273. The number of hydrogen-bond donors (Lipinski definition) is 1. The number of amides is 3. The topological polar surface area (TPSA) is 83.8 Å². The summed E-state index contributed by atoms with van der Waals surface area (Å²) in [4.78, 5) is 43.5. The first kappa shape index (κ1) is 18.9. The molecular weight excluding hydrogens is 368 g/mol. The van der Waals surface area contributed by atoms with Crippen molar-refractivity contribution in [2.24, 2.45) is 0 Å². The van der Waals surface area contributed by atoms with Gasteiger partial charge in [-0.05, 0) is 36.1 Å². The van der Waals surface area contributed by atoms with E-state index in [0.717, 1.165) is 10.5 Å². The van der Waals surface area contributed by atoms with Crippen LogP contribution in [0.15, 0.2) is 59.5 Å². The van der Waals surface area contributed by atoms with Crippen molar-refractivity contribution in [1.29, 1.82) is 0 Å². The number of nitrogens with zero attached hydrogens (tertiary/aromatic N) is 3. The average Bonchev–Trinajstić information content (AvgIpc) is 2.92. The first-order valence-corrected chi connectivity index (χ1v) is 9.51. The number of urea groups is 1. The standard InChI is InChI=1S/C22H22N4O3/c1-14(2)15-7-9-16(10-8-15)22(3)20(28)26(21(29)24-22)13-17-12-19(27)25-11-5-4-6-18(25)23-17/h4-12,14H,13H2,1-3H3,(H,24,29). The number of hydrogen-bond acceptors (Lipinski definition) is 4. The highest BCUT2D eigenvalue weighted by Gasteiger charge is 2.49. The number of fused-ring (bicyclic) bond motifs is 1. The molecular formula is C22H22N4O3. The molecule has 0 spiro atoms. The van der Waals surface area contributed by atoms with E-state index in [1.54, 1.807) is 31.3 Å². The summed E-state index contributed by atoms with van der Waals surface area (Å²) in [5.74, 6) is 0.00946. The molecule has 1 N–H and O–H groups in total. The van der Waals surface area contributed by atoms with Crippen LogP contribution in [0.5, 0.6) is 0 Å². The maximum absolute atomic E-state index is 13.1. The molecule has 148 valence electrons. The molecule has 1 aliphatic heterocycles. The molecule has 3 heterocycles. The van der Waals surface area contributed by atoms with Gasteiger partial charge in [-0.25, -0.2) is 9.78 Å². The van der Waals surface area contributed by atoms with Crippen LogP contribution in [0, 0.1) is 0 Å². The van der Waals surface area contributed by atoms with E-state index in [1.807, 2.05) is 24.3 Å². The maximum atomic E-state index is 13.1. The minimum Gasteiger partial charge on any atom is -0.319 e. The highest BCUT2D eigenvalue weighted by Crippen LogP contribution is 2.30. The second kappa shape index (κ2) is 6.84. The van der Waals surface area contributed by atoms with Gasteiger partial charge in [0.25, 0.3) is 11.5 Å².